The minimum Gasteiger partial charge on any atom is -0.503 e. The first kappa shape index (κ1) is 14.4. The number of ether oxygens (including phenoxy) is 1. The molecular formula is C16H15ClO3. The number of benzene rings is 2. The lowest BCUT2D eigenvalue weighted by Gasteiger charge is -2.08. The van der Waals surface area contributed by atoms with Crippen LogP contribution in [-0.2, 0) is 6.42 Å². The van der Waals surface area contributed by atoms with Gasteiger partial charge in [0, 0.05) is 12.0 Å². The Kier molecular flexibility index (Phi) is 4.64. The van der Waals surface area contributed by atoms with Crippen molar-refractivity contribution in [2.24, 2.45) is 0 Å². The molecule has 0 heterocycles. The van der Waals surface area contributed by atoms with Gasteiger partial charge in [0.05, 0.1) is 12.1 Å². The van der Waals surface area contributed by atoms with Crippen LogP contribution >= 0.6 is 11.6 Å². The maximum atomic E-state index is 12.0. The summed E-state index contributed by atoms with van der Waals surface area (Å²) < 4.78 is 5.04. The lowest BCUT2D eigenvalue weighted by molar-refractivity contribution is 0.0983. The van der Waals surface area contributed by atoms with Gasteiger partial charge in [-0.15, -0.1) is 0 Å². The van der Waals surface area contributed by atoms with Crippen LogP contribution in [0.4, 0.5) is 0 Å². The van der Waals surface area contributed by atoms with Gasteiger partial charge in [-0.2, -0.15) is 0 Å². The quantitative estimate of drug-likeness (QED) is 0.850. The summed E-state index contributed by atoms with van der Waals surface area (Å²) in [5.74, 6) is 0.320. The van der Waals surface area contributed by atoms with Crippen LogP contribution in [-0.4, -0.2) is 18.0 Å². The number of phenolic OH excluding ortho intramolecular Hbond substituents is 1. The Morgan fingerprint density at radius 3 is 2.60 bits per heavy atom. The number of halogens is 1. The topological polar surface area (TPSA) is 46.5 Å². The number of aryl methyl sites for hydroxylation is 1. The predicted molar refractivity (Wildman–Crippen MR) is 78.8 cm³/mol. The van der Waals surface area contributed by atoms with Gasteiger partial charge in [0.15, 0.2) is 17.3 Å². The third-order valence-electron chi connectivity index (χ3n) is 3.04. The van der Waals surface area contributed by atoms with E-state index in [-0.39, 0.29) is 16.6 Å². The molecule has 104 valence electrons. The molecule has 0 unspecified atom stereocenters. The second kappa shape index (κ2) is 6.44. The standard InChI is InChI=1S/C16H15ClO3/c1-20-15-10-11(9-13(17)16(15)19)7-8-14(18)12-5-3-2-4-6-12/h2-6,9-10,19H,7-8H2,1H3. The number of ketones is 1. The van der Waals surface area contributed by atoms with Gasteiger partial charge in [-0.3, -0.25) is 4.79 Å². The molecule has 0 saturated heterocycles. The van der Waals surface area contributed by atoms with Crippen LogP contribution in [0.25, 0.3) is 0 Å². The Labute approximate surface area is 122 Å². The molecule has 0 atom stereocenters. The molecule has 0 amide bonds. The van der Waals surface area contributed by atoms with Crippen molar-refractivity contribution in [3.8, 4) is 11.5 Å². The molecule has 2 rings (SSSR count). The van der Waals surface area contributed by atoms with E-state index >= 15 is 0 Å². The summed E-state index contributed by atoms with van der Waals surface area (Å²) in [5.41, 5.74) is 1.55. The van der Waals surface area contributed by atoms with Gasteiger partial charge >= 0.3 is 0 Å². The van der Waals surface area contributed by atoms with Crippen LogP contribution in [0.5, 0.6) is 11.5 Å². The zero-order chi connectivity index (χ0) is 14.5. The molecule has 0 aliphatic carbocycles. The second-order valence-corrected chi connectivity index (χ2v) is 4.82. The van der Waals surface area contributed by atoms with Crippen LogP contribution in [0.3, 0.4) is 0 Å². The molecule has 0 fully saturated rings. The number of phenols is 1. The largest absolute Gasteiger partial charge is 0.503 e. The fourth-order valence-corrected chi connectivity index (χ4v) is 2.19. The van der Waals surface area contributed by atoms with E-state index in [1.165, 1.54) is 7.11 Å². The van der Waals surface area contributed by atoms with Crippen LogP contribution in [0.1, 0.15) is 22.3 Å². The first-order valence-electron chi connectivity index (χ1n) is 6.25. The highest BCUT2D eigenvalue weighted by Gasteiger charge is 2.11. The van der Waals surface area contributed by atoms with Crippen molar-refractivity contribution in [3.05, 3.63) is 58.6 Å². The SMILES string of the molecule is COc1cc(CCC(=O)c2ccccc2)cc(Cl)c1O. The number of hydrogen-bond acceptors (Lipinski definition) is 3. The molecule has 0 aromatic heterocycles. The van der Waals surface area contributed by atoms with Crippen molar-refractivity contribution in [1.82, 2.24) is 0 Å². The van der Waals surface area contributed by atoms with E-state index in [2.05, 4.69) is 0 Å². The van der Waals surface area contributed by atoms with Crippen LogP contribution < -0.4 is 4.74 Å². The van der Waals surface area contributed by atoms with Gasteiger partial charge in [-0.05, 0) is 24.1 Å². The third-order valence-corrected chi connectivity index (χ3v) is 3.33. The smallest absolute Gasteiger partial charge is 0.176 e. The molecule has 0 radical (unpaired) electrons. The fourth-order valence-electron chi connectivity index (χ4n) is 1.95. The third kappa shape index (κ3) is 3.31. The average Bonchev–Trinajstić information content (AvgIpc) is 2.48. The van der Waals surface area contributed by atoms with Crippen molar-refractivity contribution in [2.75, 3.05) is 7.11 Å². The lowest BCUT2D eigenvalue weighted by Crippen LogP contribution is -2.01. The summed E-state index contributed by atoms with van der Waals surface area (Å²) in [6.07, 6.45) is 0.929. The molecule has 2 aromatic carbocycles. The zero-order valence-corrected chi connectivity index (χ0v) is 11.9. The molecule has 0 spiro atoms. The fraction of sp³-hybridized carbons (Fsp3) is 0.188. The first-order chi connectivity index (χ1) is 9.61. The van der Waals surface area contributed by atoms with Crippen molar-refractivity contribution >= 4 is 17.4 Å². The van der Waals surface area contributed by atoms with Gasteiger partial charge < -0.3 is 9.84 Å². The highest BCUT2D eigenvalue weighted by molar-refractivity contribution is 6.32. The number of aromatic hydroxyl groups is 1. The zero-order valence-electron chi connectivity index (χ0n) is 11.1. The van der Waals surface area contributed by atoms with Gasteiger partial charge in [0.2, 0.25) is 0 Å². The number of Topliss-reactive ketones (excluding diaryl/α,β-unsaturated/α-hetero) is 1. The Hall–Kier alpha value is -2.00. The van der Waals surface area contributed by atoms with E-state index in [1.54, 1.807) is 24.3 Å². The second-order valence-electron chi connectivity index (χ2n) is 4.42. The normalized spacial score (nSPS) is 10.3. The minimum atomic E-state index is -0.0766. The van der Waals surface area contributed by atoms with Crippen LogP contribution in [0.2, 0.25) is 5.02 Å². The van der Waals surface area contributed by atoms with E-state index in [1.807, 2.05) is 18.2 Å². The lowest BCUT2D eigenvalue weighted by atomic mass is 10.0. The Bertz CT molecular complexity index is 609. The van der Waals surface area contributed by atoms with Crippen molar-refractivity contribution in [2.45, 2.75) is 12.8 Å². The first-order valence-corrected chi connectivity index (χ1v) is 6.63. The van der Waals surface area contributed by atoms with Crippen LogP contribution in [0, 0.1) is 0 Å². The van der Waals surface area contributed by atoms with Crippen molar-refractivity contribution in [3.63, 3.8) is 0 Å². The molecule has 20 heavy (non-hydrogen) atoms. The molecular weight excluding hydrogens is 276 g/mol. The number of hydrogen-bond donors (Lipinski definition) is 1. The molecule has 0 bridgehead atoms. The van der Waals surface area contributed by atoms with Crippen LogP contribution in [0.15, 0.2) is 42.5 Å². The van der Waals surface area contributed by atoms with E-state index in [0.717, 1.165) is 5.56 Å². The van der Waals surface area contributed by atoms with Gasteiger partial charge in [-0.25, -0.2) is 0 Å². The molecule has 0 aliphatic rings. The number of rotatable bonds is 5. The van der Waals surface area contributed by atoms with Gasteiger partial charge in [0.25, 0.3) is 0 Å². The van der Waals surface area contributed by atoms with E-state index < -0.39 is 0 Å². The summed E-state index contributed by atoms with van der Waals surface area (Å²) >= 11 is 5.92. The number of carbonyl (C=O) groups excluding carboxylic acids is 1. The predicted octanol–water partition coefficient (Wildman–Crippen LogP) is 3.87. The molecule has 0 aliphatic heterocycles. The minimum absolute atomic E-state index is 0.0766. The number of carbonyl (C=O) groups is 1. The Morgan fingerprint density at radius 2 is 1.95 bits per heavy atom. The Balaban J connectivity index is 2.08. The number of methoxy groups -OCH3 is 1. The van der Waals surface area contributed by atoms with Crippen molar-refractivity contribution in [1.29, 1.82) is 0 Å². The van der Waals surface area contributed by atoms with E-state index in [9.17, 15) is 9.90 Å². The average molecular weight is 291 g/mol. The monoisotopic (exact) mass is 290 g/mol. The summed E-state index contributed by atoms with van der Waals surface area (Å²) in [6, 6.07) is 12.5. The molecule has 1 N–H and O–H groups in total. The van der Waals surface area contributed by atoms with E-state index in [0.29, 0.717) is 24.2 Å². The van der Waals surface area contributed by atoms with Crippen molar-refractivity contribution < 1.29 is 14.6 Å². The molecule has 2 aromatic rings. The maximum Gasteiger partial charge on any atom is 0.176 e. The summed E-state index contributed by atoms with van der Waals surface area (Å²) in [4.78, 5) is 12.0. The highest BCUT2D eigenvalue weighted by atomic mass is 35.5. The van der Waals surface area contributed by atoms with E-state index in [4.69, 9.17) is 16.3 Å². The van der Waals surface area contributed by atoms with Gasteiger partial charge in [0.1, 0.15) is 0 Å². The Morgan fingerprint density at radius 1 is 1.25 bits per heavy atom. The summed E-state index contributed by atoms with van der Waals surface area (Å²) in [5, 5.41) is 9.88. The molecule has 4 heteroatoms. The summed E-state index contributed by atoms with van der Waals surface area (Å²) in [7, 11) is 1.46. The van der Waals surface area contributed by atoms with Gasteiger partial charge in [-0.1, -0.05) is 41.9 Å². The molecule has 0 saturated carbocycles. The molecule has 3 nitrogen and oxygen atoms in total. The maximum absolute atomic E-state index is 12.0. The highest BCUT2D eigenvalue weighted by Crippen LogP contribution is 2.35. The summed E-state index contributed by atoms with van der Waals surface area (Å²) in [6.45, 7) is 0.